The maximum Gasteiger partial charge on any atom is 0.295 e. The first-order valence-corrected chi connectivity index (χ1v) is 7.11. The Hall–Kier alpha value is -3.00. The Kier molecular flexibility index (Phi) is 5.43. The molecule has 0 atom stereocenters. The molecule has 0 unspecified atom stereocenters. The number of rotatable bonds is 6. The van der Waals surface area contributed by atoms with E-state index < -0.39 is 28.0 Å². The second-order valence-corrected chi connectivity index (χ2v) is 5.08. The second-order valence-electron chi connectivity index (χ2n) is 5.08. The number of nitrogen functional groups attached to an aromatic ring is 1. The van der Waals surface area contributed by atoms with E-state index in [4.69, 9.17) is 10.8 Å². The van der Waals surface area contributed by atoms with E-state index in [0.717, 1.165) is 11.6 Å². The van der Waals surface area contributed by atoms with Crippen molar-refractivity contribution >= 4 is 17.3 Å². The Morgan fingerprint density at radius 3 is 2.54 bits per heavy atom. The highest BCUT2D eigenvalue weighted by Crippen LogP contribution is 2.28. The lowest BCUT2D eigenvalue weighted by atomic mass is 10.1. The number of nitrogens with two attached hydrogens (primary N) is 1. The lowest BCUT2D eigenvalue weighted by Gasteiger charge is -2.22. The van der Waals surface area contributed by atoms with Crippen molar-refractivity contribution in [3.05, 3.63) is 69.5 Å². The molecule has 0 bridgehead atoms. The van der Waals surface area contributed by atoms with Gasteiger partial charge in [0.25, 0.3) is 11.6 Å². The van der Waals surface area contributed by atoms with Crippen molar-refractivity contribution in [2.24, 2.45) is 0 Å². The molecule has 0 aliphatic heterocycles. The van der Waals surface area contributed by atoms with Gasteiger partial charge in [-0.05, 0) is 11.6 Å². The Morgan fingerprint density at radius 2 is 1.96 bits per heavy atom. The van der Waals surface area contributed by atoms with E-state index in [9.17, 15) is 19.3 Å². The van der Waals surface area contributed by atoms with Gasteiger partial charge in [0.1, 0.15) is 11.5 Å². The Bertz CT molecular complexity index is 752. The molecule has 126 valence electrons. The van der Waals surface area contributed by atoms with Crippen LogP contribution in [0.2, 0.25) is 0 Å². The molecule has 0 saturated heterocycles. The number of nitrogens with zero attached hydrogens (tertiary/aromatic N) is 2. The minimum atomic E-state index is -0.928. The molecule has 3 N–H and O–H groups in total. The summed E-state index contributed by atoms with van der Waals surface area (Å²) in [7, 11) is 0. The first-order chi connectivity index (χ1) is 11.4. The van der Waals surface area contributed by atoms with Crippen molar-refractivity contribution in [2.75, 3.05) is 18.9 Å². The number of nitro benzene ring substituents is 1. The zero-order valence-corrected chi connectivity index (χ0v) is 12.7. The fraction of sp³-hybridized carbons (Fsp3) is 0.188. The standard InChI is InChI=1S/C16H16FN3O4/c17-12-8-13(15(18)14(9-12)20(23)24)16(22)19(6-7-21)10-11-4-2-1-3-5-11/h1-5,8-9,21H,6-7,10,18H2. The van der Waals surface area contributed by atoms with Crippen LogP contribution in [0.5, 0.6) is 0 Å². The predicted octanol–water partition coefficient (Wildman–Crippen LogP) is 1.95. The largest absolute Gasteiger partial charge is 0.395 e. The van der Waals surface area contributed by atoms with Crippen LogP contribution < -0.4 is 5.73 Å². The average Bonchev–Trinajstić information content (AvgIpc) is 2.56. The summed E-state index contributed by atoms with van der Waals surface area (Å²) in [6, 6.07) is 10.5. The van der Waals surface area contributed by atoms with Crippen molar-refractivity contribution in [1.82, 2.24) is 4.90 Å². The normalized spacial score (nSPS) is 10.4. The third-order valence-electron chi connectivity index (χ3n) is 3.42. The number of hydrogen-bond donors (Lipinski definition) is 2. The first kappa shape index (κ1) is 17.4. The van der Waals surface area contributed by atoms with E-state index in [0.29, 0.717) is 6.07 Å². The van der Waals surface area contributed by atoms with Crippen LogP contribution in [-0.4, -0.2) is 34.0 Å². The summed E-state index contributed by atoms with van der Waals surface area (Å²) < 4.78 is 13.6. The van der Waals surface area contributed by atoms with E-state index in [1.54, 1.807) is 24.3 Å². The van der Waals surface area contributed by atoms with Gasteiger partial charge in [0.2, 0.25) is 0 Å². The van der Waals surface area contributed by atoms with E-state index in [1.165, 1.54) is 4.90 Å². The molecular formula is C16H16FN3O4. The van der Waals surface area contributed by atoms with E-state index in [-0.39, 0.29) is 25.3 Å². The van der Waals surface area contributed by atoms with E-state index >= 15 is 0 Å². The molecule has 7 nitrogen and oxygen atoms in total. The average molecular weight is 333 g/mol. The summed E-state index contributed by atoms with van der Waals surface area (Å²) in [5.74, 6) is -1.61. The van der Waals surface area contributed by atoms with Gasteiger partial charge in [0.15, 0.2) is 0 Å². The number of benzene rings is 2. The van der Waals surface area contributed by atoms with Crippen LogP contribution >= 0.6 is 0 Å². The summed E-state index contributed by atoms with van der Waals surface area (Å²) in [5, 5.41) is 20.1. The molecule has 2 rings (SSSR count). The van der Waals surface area contributed by atoms with E-state index in [2.05, 4.69) is 0 Å². The second kappa shape index (κ2) is 7.51. The van der Waals surface area contributed by atoms with E-state index in [1.807, 2.05) is 6.07 Å². The number of aliphatic hydroxyl groups is 1. The number of nitro groups is 1. The zero-order valence-electron chi connectivity index (χ0n) is 12.7. The molecule has 0 heterocycles. The van der Waals surface area contributed by atoms with Crippen molar-refractivity contribution in [1.29, 1.82) is 0 Å². The van der Waals surface area contributed by atoms with Crippen LogP contribution in [0.15, 0.2) is 42.5 Å². The van der Waals surface area contributed by atoms with Crippen molar-refractivity contribution in [2.45, 2.75) is 6.54 Å². The minimum absolute atomic E-state index is 0.0164. The molecule has 2 aromatic carbocycles. The lowest BCUT2D eigenvalue weighted by Crippen LogP contribution is -2.33. The zero-order chi connectivity index (χ0) is 17.7. The molecular weight excluding hydrogens is 317 g/mol. The molecule has 0 fully saturated rings. The Labute approximate surface area is 137 Å². The van der Waals surface area contributed by atoms with Crippen LogP contribution in [0, 0.1) is 15.9 Å². The van der Waals surface area contributed by atoms with Gasteiger partial charge in [-0.2, -0.15) is 0 Å². The molecule has 0 spiro atoms. The van der Waals surface area contributed by atoms with Gasteiger partial charge >= 0.3 is 0 Å². The summed E-state index contributed by atoms with van der Waals surface area (Å²) in [4.78, 5) is 24.0. The monoisotopic (exact) mass is 333 g/mol. The number of hydrogen-bond acceptors (Lipinski definition) is 5. The van der Waals surface area contributed by atoms with Gasteiger partial charge in [0.05, 0.1) is 23.2 Å². The SMILES string of the molecule is Nc1c(C(=O)N(CCO)Cc2ccccc2)cc(F)cc1[N+](=O)[O-]. The predicted molar refractivity (Wildman–Crippen MR) is 85.7 cm³/mol. The van der Waals surface area contributed by atoms with Gasteiger partial charge in [-0.1, -0.05) is 30.3 Å². The smallest absolute Gasteiger partial charge is 0.295 e. The summed E-state index contributed by atoms with van der Waals surface area (Å²) >= 11 is 0. The van der Waals surface area contributed by atoms with Crippen LogP contribution in [0.3, 0.4) is 0 Å². The molecule has 1 amide bonds. The highest BCUT2D eigenvalue weighted by atomic mass is 19.1. The van der Waals surface area contributed by atoms with Crippen molar-refractivity contribution < 1.29 is 19.2 Å². The molecule has 0 aliphatic carbocycles. The fourth-order valence-electron chi connectivity index (χ4n) is 2.28. The fourth-order valence-corrected chi connectivity index (χ4v) is 2.28. The highest BCUT2D eigenvalue weighted by Gasteiger charge is 2.25. The van der Waals surface area contributed by atoms with Crippen LogP contribution in [-0.2, 0) is 6.54 Å². The quantitative estimate of drug-likeness (QED) is 0.477. The lowest BCUT2D eigenvalue weighted by molar-refractivity contribution is -0.384. The number of aliphatic hydroxyl groups excluding tert-OH is 1. The van der Waals surface area contributed by atoms with Gasteiger partial charge in [-0.3, -0.25) is 14.9 Å². The van der Waals surface area contributed by atoms with Crippen molar-refractivity contribution in [3.63, 3.8) is 0 Å². The maximum atomic E-state index is 13.6. The number of carbonyl (C=O) groups excluding carboxylic acids is 1. The summed E-state index contributed by atoms with van der Waals surface area (Å²) in [6.07, 6.45) is 0. The molecule has 2 aromatic rings. The number of anilines is 1. The van der Waals surface area contributed by atoms with Gasteiger partial charge < -0.3 is 15.7 Å². The minimum Gasteiger partial charge on any atom is -0.395 e. The molecule has 8 heteroatoms. The van der Waals surface area contributed by atoms with Crippen molar-refractivity contribution in [3.8, 4) is 0 Å². The molecule has 24 heavy (non-hydrogen) atoms. The first-order valence-electron chi connectivity index (χ1n) is 7.11. The number of carbonyl (C=O) groups is 1. The van der Waals surface area contributed by atoms with Gasteiger partial charge in [-0.25, -0.2) is 4.39 Å². The Morgan fingerprint density at radius 1 is 1.29 bits per heavy atom. The van der Waals surface area contributed by atoms with Gasteiger partial charge in [-0.15, -0.1) is 0 Å². The maximum absolute atomic E-state index is 13.6. The van der Waals surface area contributed by atoms with Crippen LogP contribution in [0.4, 0.5) is 15.8 Å². The third kappa shape index (κ3) is 3.85. The summed E-state index contributed by atoms with van der Waals surface area (Å²) in [5.41, 5.74) is 5.09. The topological polar surface area (TPSA) is 110 Å². The molecule has 0 saturated carbocycles. The third-order valence-corrected chi connectivity index (χ3v) is 3.42. The Balaban J connectivity index is 2.38. The van der Waals surface area contributed by atoms with Gasteiger partial charge in [0, 0.05) is 13.1 Å². The highest BCUT2D eigenvalue weighted by molar-refractivity contribution is 6.01. The number of halogens is 1. The van der Waals surface area contributed by atoms with Crippen LogP contribution in [0.1, 0.15) is 15.9 Å². The number of amides is 1. The molecule has 0 radical (unpaired) electrons. The van der Waals surface area contributed by atoms with Crippen LogP contribution in [0.25, 0.3) is 0 Å². The summed E-state index contributed by atoms with van der Waals surface area (Å²) in [6.45, 7) is -0.169. The molecule has 0 aliphatic rings. The molecule has 0 aromatic heterocycles.